The Morgan fingerprint density at radius 1 is 0.944 bits per heavy atom. The zero-order valence-corrected chi connectivity index (χ0v) is 21.0. The van der Waals surface area contributed by atoms with Gasteiger partial charge in [0.25, 0.3) is 15.9 Å². The molecule has 0 saturated heterocycles. The first-order valence-electron chi connectivity index (χ1n) is 11.1. The third-order valence-electron chi connectivity index (χ3n) is 5.67. The van der Waals surface area contributed by atoms with Gasteiger partial charge in [-0.1, -0.05) is 18.2 Å². The maximum absolute atomic E-state index is 12.9. The van der Waals surface area contributed by atoms with E-state index in [-0.39, 0.29) is 34.9 Å². The minimum atomic E-state index is -4.59. The number of aryl methyl sites for hydroxylation is 3. The van der Waals surface area contributed by atoms with Crippen molar-refractivity contribution in [2.45, 2.75) is 44.8 Å². The lowest BCUT2D eigenvalue weighted by atomic mass is 9.96. The Labute approximate surface area is 208 Å². The molecule has 0 aliphatic rings. The second kappa shape index (κ2) is 10.6. The molecule has 192 valence electrons. The van der Waals surface area contributed by atoms with Gasteiger partial charge in [0.2, 0.25) is 0 Å². The van der Waals surface area contributed by atoms with E-state index in [0.717, 1.165) is 28.8 Å². The van der Waals surface area contributed by atoms with Gasteiger partial charge in [-0.3, -0.25) is 9.52 Å². The smallest absolute Gasteiger partial charge is 0.416 e. The molecule has 0 bridgehead atoms. The molecule has 3 aromatic rings. The lowest BCUT2D eigenvalue weighted by Crippen LogP contribution is -2.31. The predicted molar refractivity (Wildman–Crippen MR) is 131 cm³/mol. The SMILES string of the molecule is Cc1cc(C)c([C@H](C)NC(=O)COc2ccc(S(=O)(=O)Nc3cccc(C(F)(F)F)c3)cc2)cc1C. The number of sulfonamides is 1. The Morgan fingerprint density at radius 3 is 2.22 bits per heavy atom. The fourth-order valence-corrected chi connectivity index (χ4v) is 4.70. The summed E-state index contributed by atoms with van der Waals surface area (Å²) in [5, 5.41) is 2.88. The molecule has 6 nitrogen and oxygen atoms in total. The molecule has 0 radical (unpaired) electrons. The van der Waals surface area contributed by atoms with E-state index in [0.29, 0.717) is 6.07 Å². The number of benzene rings is 3. The van der Waals surface area contributed by atoms with Gasteiger partial charge in [-0.25, -0.2) is 8.42 Å². The molecule has 10 heteroatoms. The quantitative estimate of drug-likeness (QED) is 0.400. The number of nitrogens with one attached hydrogen (secondary N) is 2. The summed E-state index contributed by atoms with van der Waals surface area (Å²) in [6.07, 6.45) is -4.59. The number of amides is 1. The Morgan fingerprint density at radius 2 is 1.58 bits per heavy atom. The summed E-state index contributed by atoms with van der Waals surface area (Å²) in [5.41, 5.74) is 3.21. The molecule has 0 aliphatic heterocycles. The van der Waals surface area contributed by atoms with Crippen molar-refractivity contribution in [1.82, 2.24) is 5.32 Å². The highest BCUT2D eigenvalue weighted by atomic mass is 32.2. The minimum absolute atomic E-state index is 0.171. The van der Waals surface area contributed by atoms with E-state index in [9.17, 15) is 26.4 Å². The molecule has 0 saturated carbocycles. The summed E-state index contributed by atoms with van der Waals surface area (Å²) in [6, 6.07) is 13.0. The highest BCUT2D eigenvalue weighted by Crippen LogP contribution is 2.31. The van der Waals surface area contributed by atoms with E-state index in [1.807, 2.05) is 33.8 Å². The van der Waals surface area contributed by atoms with Gasteiger partial charge in [-0.05, 0) is 92.4 Å². The fraction of sp³-hybridized carbons (Fsp3) is 0.269. The van der Waals surface area contributed by atoms with Crippen LogP contribution in [0.1, 0.15) is 40.8 Å². The van der Waals surface area contributed by atoms with Crippen LogP contribution in [0.25, 0.3) is 0 Å². The monoisotopic (exact) mass is 520 g/mol. The summed E-state index contributed by atoms with van der Waals surface area (Å²) >= 11 is 0. The van der Waals surface area contributed by atoms with Gasteiger partial charge in [0, 0.05) is 5.69 Å². The largest absolute Gasteiger partial charge is 0.484 e. The number of hydrogen-bond donors (Lipinski definition) is 2. The Hall–Kier alpha value is -3.53. The molecule has 0 aliphatic carbocycles. The van der Waals surface area contributed by atoms with Crippen LogP contribution >= 0.6 is 0 Å². The summed E-state index contributed by atoms with van der Waals surface area (Å²) in [7, 11) is -4.13. The van der Waals surface area contributed by atoms with E-state index in [2.05, 4.69) is 16.1 Å². The molecule has 0 aromatic heterocycles. The summed E-state index contributed by atoms with van der Waals surface area (Å²) in [5.74, 6) is -0.0822. The number of anilines is 1. The first-order chi connectivity index (χ1) is 16.8. The van der Waals surface area contributed by atoms with Gasteiger partial charge in [-0.15, -0.1) is 0 Å². The molecule has 0 fully saturated rings. The van der Waals surface area contributed by atoms with Crippen LogP contribution in [0.4, 0.5) is 18.9 Å². The van der Waals surface area contributed by atoms with Crippen LogP contribution in [-0.2, 0) is 21.0 Å². The zero-order valence-electron chi connectivity index (χ0n) is 20.2. The predicted octanol–water partition coefficient (Wildman–Crippen LogP) is 5.69. The normalized spacial score (nSPS) is 12.6. The van der Waals surface area contributed by atoms with Crippen LogP contribution in [0, 0.1) is 20.8 Å². The number of rotatable bonds is 8. The third-order valence-corrected chi connectivity index (χ3v) is 7.07. The van der Waals surface area contributed by atoms with Crippen LogP contribution in [0.3, 0.4) is 0 Å². The number of hydrogen-bond acceptors (Lipinski definition) is 4. The average molecular weight is 521 g/mol. The fourth-order valence-electron chi connectivity index (χ4n) is 3.65. The van der Waals surface area contributed by atoms with Crippen molar-refractivity contribution in [3.8, 4) is 5.75 Å². The van der Waals surface area contributed by atoms with E-state index in [4.69, 9.17) is 4.74 Å². The van der Waals surface area contributed by atoms with Crippen molar-refractivity contribution in [3.05, 3.63) is 88.5 Å². The first kappa shape index (κ1) is 27.1. The summed E-state index contributed by atoms with van der Waals surface area (Å²) < 4.78 is 71.4. The maximum atomic E-state index is 12.9. The number of ether oxygens (including phenoxy) is 1. The molecule has 2 N–H and O–H groups in total. The molecule has 0 heterocycles. The van der Waals surface area contributed by atoms with Crippen molar-refractivity contribution in [3.63, 3.8) is 0 Å². The molecule has 36 heavy (non-hydrogen) atoms. The van der Waals surface area contributed by atoms with Crippen molar-refractivity contribution < 1.29 is 31.1 Å². The molecular weight excluding hydrogens is 493 g/mol. The van der Waals surface area contributed by atoms with Gasteiger partial charge >= 0.3 is 6.18 Å². The molecular formula is C26H27F3N2O4S. The van der Waals surface area contributed by atoms with Gasteiger partial charge in [-0.2, -0.15) is 13.2 Å². The van der Waals surface area contributed by atoms with Gasteiger partial charge < -0.3 is 10.1 Å². The van der Waals surface area contributed by atoms with Crippen LogP contribution in [0.15, 0.2) is 65.6 Å². The lowest BCUT2D eigenvalue weighted by Gasteiger charge is -2.18. The van der Waals surface area contributed by atoms with Crippen LogP contribution in [0.5, 0.6) is 5.75 Å². The van der Waals surface area contributed by atoms with Gasteiger partial charge in [0.1, 0.15) is 5.75 Å². The summed E-state index contributed by atoms with van der Waals surface area (Å²) in [6.45, 7) is 7.63. The standard InChI is InChI=1S/C26H27F3N2O4S/c1-16-12-18(3)24(13-17(16)2)19(4)30-25(32)15-35-22-8-10-23(11-9-22)36(33,34)31-21-7-5-6-20(14-21)26(27,28)29/h5-14,19,31H,15H2,1-4H3,(H,30,32)/t19-/m0/s1. The number of carbonyl (C=O) groups is 1. The van der Waals surface area contributed by atoms with E-state index in [1.165, 1.54) is 35.9 Å². The van der Waals surface area contributed by atoms with Crippen LogP contribution in [-0.4, -0.2) is 20.9 Å². The summed E-state index contributed by atoms with van der Waals surface area (Å²) in [4.78, 5) is 12.2. The van der Waals surface area contributed by atoms with Crippen molar-refractivity contribution in [2.24, 2.45) is 0 Å². The Kier molecular flexibility index (Phi) is 7.98. The Balaban J connectivity index is 1.60. The van der Waals surface area contributed by atoms with E-state index >= 15 is 0 Å². The highest BCUT2D eigenvalue weighted by Gasteiger charge is 2.30. The van der Waals surface area contributed by atoms with Crippen molar-refractivity contribution >= 4 is 21.6 Å². The number of halogens is 3. The average Bonchev–Trinajstić information content (AvgIpc) is 2.79. The second-order valence-corrected chi connectivity index (χ2v) is 10.2. The number of alkyl halides is 3. The van der Waals surface area contributed by atoms with E-state index < -0.39 is 21.8 Å². The Bertz CT molecular complexity index is 1350. The van der Waals surface area contributed by atoms with Gasteiger partial charge in [0.15, 0.2) is 6.61 Å². The minimum Gasteiger partial charge on any atom is -0.484 e. The van der Waals surface area contributed by atoms with Crippen LogP contribution < -0.4 is 14.8 Å². The number of carbonyl (C=O) groups excluding carboxylic acids is 1. The molecule has 1 atom stereocenters. The topological polar surface area (TPSA) is 84.5 Å². The molecule has 0 unspecified atom stereocenters. The van der Waals surface area contributed by atoms with E-state index in [1.54, 1.807) is 0 Å². The van der Waals surface area contributed by atoms with Crippen molar-refractivity contribution in [1.29, 1.82) is 0 Å². The highest BCUT2D eigenvalue weighted by molar-refractivity contribution is 7.92. The zero-order chi connectivity index (χ0) is 26.7. The molecule has 1 amide bonds. The molecule has 3 aromatic carbocycles. The van der Waals surface area contributed by atoms with Gasteiger partial charge in [0.05, 0.1) is 16.5 Å². The third kappa shape index (κ3) is 6.78. The van der Waals surface area contributed by atoms with Crippen molar-refractivity contribution in [2.75, 3.05) is 11.3 Å². The molecule has 3 rings (SSSR count). The lowest BCUT2D eigenvalue weighted by molar-refractivity contribution is -0.137. The first-order valence-corrected chi connectivity index (χ1v) is 12.5. The second-order valence-electron chi connectivity index (χ2n) is 8.53. The van der Waals surface area contributed by atoms with Crippen LogP contribution in [0.2, 0.25) is 0 Å². The maximum Gasteiger partial charge on any atom is 0.416 e. The molecule has 0 spiro atoms.